The molecule has 0 saturated carbocycles. The Balaban J connectivity index is 2.38. The summed E-state index contributed by atoms with van der Waals surface area (Å²) in [5.74, 6) is 1.58. The average molecular weight is 326 g/mol. The highest BCUT2D eigenvalue weighted by atomic mass is 32.1. The summed E-state index contributed by atoms with van der Waals surface area (Å²) in [6, 6.07) is 0. The Morgan fingerprint density at radius 1 is 1.36 bits per heavy atom. The first-order chi connectivity index (χ1) is 10.6. The van der Waals surface area contributed by atoms with Gasteiger partial charge in [0, 0.05) is 33.1 Å². The molecule has 126 valence electrons. The van der Waals surface area contributed by atoms with Crippen molar-refractivity contribution in [3.05, 3.63) is 11.1 Å². The van der Waals surface area contributed by atoms with E-state index in [1.54, 1.807) is 11.3 Å². The fourth-order valence-electron chi connectivity index (χ4n) is 2.16. The van der Waals surface area contributed by atoms with Gasteiger partial charge in [0.25, 0.3) is 0 Å². The lowest BCUT2D eigenvalue weighted by Crippen LogP contribution is -2.39. The molecule has 0 fully saturated rings. The van der Waals surface area contributed by atoms with E-state index in [9.17, 15) is 0 Å². The second-order valence-electron chi connectivity index (χ2n) is 5.74. The molecule has 0 saturated heterocycles. The van der Waals surface area contributed by atoms with Crippen LogP contribution in [0.4, 0.5) is 5.13 Å². The first kappa shape index (κ1) is 18.7. The average Bonchev–Trinajstić information content (AvgIpc) is 2.99. The summed E-state index contributed by atoms with van der Waals surface area (Å²) in [7, 11) is 5.84. The van der Waals surface area contributed by atoms with Gasteiger partial charge in [-0.25, -0.2) is 4.98 Å². The number of thiazole rings is 1. The molecule has 1 atom stereocenters. The van der Waals surface area contributed by atoms with Gasteiger partial charge in [-0.3, -0.25) is 4.99 Å². The molecule has 0 spiro atoms. The fourth-order valence-corrected chi connectivity index (χ4v) is 2.92. The summed E-state index contributed by atoms with van der Waals surface area (Å²) in [4.78, 5) is 10.9. The van der Waals surface area contributed by atoms with Gasteiger partial charge in [-0.1, -0.05) is 33.1 Å². The molecule has 6 heteroatoms. The van der Waals surface area contributed by atoms with Gasteiger partial charge < -0.3 is 15.5 Å². The Morgan fingerprint density at radius 3 is 2.68 bits per heavy atom. The van der Waals surface area contributed by atoms with Crippen molar-refractivity contribution >= 4 is 22.4 Å². The second-order valence-corrected chi connectivity index (χ2v) is 6.58. The molecule has 2 N–H and O–H groups in total. The maximum Gasteiger partial charge on any atom is 0.191 e. The molecule has 0 aliphatic carbocycles. The van der Waals surface area contributed by atoms with Crippen LogP contribution in [0.15, 0.2) is 10.4 Å². The largest absolute Gasteiger partial charge is 0.356 e. The smallest absolute Gasteiger partial charge is 0.191 e. The van der Waals surface area contributed by atoms with E-state index in [4.69, 9.17) is 0 Å². The minimum atomic E-state index is 0.704. The quantitative estimate of drug-likeness (QED) is 0.541. The summed E-state index contributed by atoms with van der Waals surface area (Å²) in [6.07, 6.45) is 5.07. The zero-order valence-electron chi connectivity index (χ0n) is 14.6. The van der Waals surface area contributed by atoms with E-state index in [0.29, 0.717) is 6.54 Å². The van der Waals surface area contributed by atoms with E-state index in [1.165, 1.54) is 25.7 Å². The zero-order chi connectivity index (χ0) is 16.4. The van der Waals surface area contributed by atoms with Crippen LogP contribution < -0.4 is 15.5 Å². The molecule has 0 radical (unpaired) electrons. The van der Waals surface area contributed by atoms with Crippen molar-refractivity contribution in [3.8, 4) is 0 Å². The summed E-state index contributed by atoms with van der Waals surface area (Å²) in [6.45, 7) is 6.19. The molecule has 1 aromatic rings. The number of hydrogen-bond donors (Lipinski definition) is 2. The van der Waals surface area contributed by atoms with Gasteiger partial charge in [-0.05, 0) is 12.3 Å². The van der Waals surface area contributed by atoms with Crippen LogP contribution in [0.1, 0.15) is 45.2 Å². The van der Waals surface area contributed by atoms with Gasteiger partial charge >= 0.3 is 0 Å². The molecule has 1 aromatic heterocycles. The zero-order valence-corrected chi connectivity index (χ0v) is 15.5. The highest BCUT2D eigenvalue weighted by Crippen LogP contribution is 2.17. The Hall–Kier alpha value is -1.30. The van der Waals surface area contributed by atoms with Crippen molar-refractivity contribution < 1.29 is 0 Å². The van der Waals surface area contributed by atoms with Crippen LogP contribution >= 0.6 is 11.3 Å². The van der Waals surface area contributed by atoms with E-state index in [-0.39, 0.29) is 0 Å². The predicted molar refractivity (Wildman–Crippen MR) is 97.9 cm³/mol. The van der Waals surface area contributed by atoms with Crippen LogP contribution in [0.5, 0.6) is 0 Å². The molecule has 0 aliphatic heterocycles. The van der Waals surface area contributed by atoms with Crippen LogP contribution in [-0.2, 0) is 6.54 Å². The predicted octanol–water partition coefficient (Wildman–Crippen LogP) is 3.09. The minimum Gasteiger partial charge on any atom is -0.356 e. The monoisotopic (exact) mass is 325 g/mol. The highest BCUT2D eigenvalue weighted by Gasteiger charge is 2.08. The number of rotatable bonds is 9. The number of unbranched alkanes of at least 4 members (excludes halogenated alkanes) is 1. The van der Waals surface area contributed by atoms with Gasteiger partial charge in [0.05, 0.1) is 12.2 Å². The normalized spacial score (nSPS) is 13.0. The van der Waals surface area contributed by atoms with Crippen LogP contribution in [0.2, 0.25) is 0 Å². The van der Waals surface area contributed by atoms with Crippen molar-refractivity contribution in [2.24, 2.45) is 10.9 Å². The van der Waals surface area contributed by atoms with E-state index >= 15 is 0 Å². The standard InChI is InChI=1S/C16H31N5S/c1-6-8-9-13(7-2)10-18-15(17-3)19-11-14-12-22-16(20-14)21(4)5/h12-13H,6-11H2,1-5H3,(H2,17,18,19). The molecule has 1 unspecified atom stereocenters. The number of nitrogens with zero attached hydrogens (tertiary/aromatic N) is 3. The third-order valence-electron chi connectivity index (χ3n) is 3.68. The third-order valence-corrected chi connectivity index (χ3v) is 4.74. The molecule has 0 aromatic carbocycles. The molecule has 1 rings (SSSR count). The Bertz CT molecular complexity index is 441. The number of aromatic nitrogens is 1. The van der Waals surface area contributed by atoms with Gasteiger partial charge in [0.15, 0.2) is 11.1 Å². The summed E-state index contributed by atoms with van der Waals surface area (Å²) < 4.78 is 0. The number of anilines is 1. The summed E-state index contributed by atoms with van der Waals surface area (Å²) >= 11 is 1.66. The second kappa shape index (κ2) is 10.4. The number of hydrogen-bond acceptors (Lipinski definition) is 4. The summed E-state index contributed by atoms with van der Waals surface area (Å²) in [5, 5.41) is 9.89. The first-order valence-electron chi connectivity index (χ1n) is 8.16. The fraction of sp³-hybridized carbons (Fsp3) is 0.750. The minimum absolute atomic E-state index is 0.704. The Kier molecular flexibility index (Phi) is 8.89. The van der Waals surface area contributed by atoms with Gasteiger partial charge in [0.1, 0.15) is 0 Å². The topological polar surface area (TPSA) is 52.6 Å². The molecule has 22 heavy (non-hydrogen) atoms. The van der Waals surface area contributed by atoms with Gasteiger partial charge in [0.2, 0.25) is 0 Å². The van der Waals surface area contributed by atoms with E-state index in [2.05, 4.69) is 39.8 Å². The molecule has 5 nitrogen and oxygen atoms in total. The lowest BCUT2D eigenvalue weighted by atomic mass is 9.99. The first-order valence-corrected chi connectivity index (χ1v) is 9.04. The van der Waals surface area contributed by atoms with Crippen LogP contribution in [0, 0.1) is 5.92 Å². The van der Waals surface area contributed by atoms with E-state index in [1.807, 2.05) is 26.0 Å². The maximum absolute atomic E-state index is 4.57. The van der Waals surface area contributed by atoms with E-state index < -0.39 is 0 Å². The third kappa shape index (κ3) is 6.64. The van der Waals surface area contributed by atoms with Crippen molar-refractivity contribution in [2.45, 2.75) is 46.1 Å². The molecule has 0 aliphatic rings. The Labute approximate surface area is 139 Å². The lowest BCUT2D eigenvalue weighted by molar-refractivity contribution is 0.443. The van der Waals surface area contributed by atoms with Crippen molar-refractivity contribution in [2.75, 3.05) is 32.6 Å². The van der Waals surface area contributed by atoms with E-state index in [0.717, 1.165) is 29.2 Å². The van der Waals surface area contributed by atoms with Gasteiger partial charge in [-0.2, -0.15) is 0 Å². The summed E-state index contributed by atoms with van der Waals surface area (Å²) in [5.41, 5.74) is 1.05. The highest BCUT2D eigenvalue weighted by molar-refractivity contribution is 7.13. The lowest BCUT2D eigenvalue weighted by Gasteiger charge is -2.17. The molecular formula is C16H31N5S. The van der Waals surface area contributed by atoms with Crippen LogP contribution in [-0.4, -0.2) is 38.6 Å². The van der Waals surface area contributed by atoms with Gasteiger partial charge in [-0.15, -0.1) is 11.3 Å². The van der Waals surface area contributed by atoms with Crippen molar-refractivity contribution in [1.82, 2.24) is 15.6 Å². The molecule has 1 heterocycles. The van der Waals surface area contributed by atoms with Crippen molar-refractivity contribution in [1.29, 1.82) is 0 Å². The van der Waals surface area contributed by atoms with Crippen LogP contribution in [0.3, 0.4) is 0 Å². The SMILES string of the molecule is CCCCC(CC)CNC(=NC)NCc1csc(N(C)C)n1. The maximum atomic E-state index is 4.57. The van der Waals surface area contributed by atoms with Crippen molar-refractivity contribution in [3.63, 3.8) is 0 Å². The molecule has 0 bridgehead atoms. The number of aliphatic imine (C=N–C) groups is 1. The Morgan fingerprint density at radius 2 is 2.14 bits per heavy atom. The number of nitrogens with one attached hydrogen (secondary N) is 2. The molecule has 0 amide bonds. The number of guanidine groups is 1. The van der Waals surface area contributed by atoms with Crippen LogP contribution in [0.25, 0.3) is 0 Å². The molecular weight excluding hydrogens is 294 g/mol.